The van der Waals surface area contributed by atoms with Crippen LogP contribution in [0.2, 0.25) is 0 Å². The normalized spacial score (nSPS) is 12.0. The summed E-state index contributed by atoms with van der Waals surface area (Å²) in [6, 6.07) is 0. The maximum Gasteiger partial charge on any atom is 0.224 e. The van der Waals surface area contributed by atoms with Crippen molar-refractivity contribution in [2.75, 3.05) is 27.2 Å². The molecular formula is C10H20N2O3. The first-order valence-electron chi connectivity index (χ1n) is 5.09. The van der Waals surface area contributed by atoms with Crippen LogP contribution in [0.15, 0.2) is 0 Å². The van der Waals surface area contributed by atoms with Crippen LogP contribution in [-0.2, 0) is 9.59 Å². The fourth-order valence-corrected chi connectivity index (χ4v) is 1.26. The van der Waals surface area contributed by atoms with E-state index in [0.717, 1.165) is 0 Å². The van der Waals surface area contributed by atoms with E-state index in [-0.39, 0.29) is 24.3 Å². The molecule has 0 saturated heterocycles. The molecule has 0 aromatic heterocycles. The molecule has 0 spiro atoms. The van der Waals surface area contributed by atoms with Gasteiger partial charge in [-0.3, -0.25) is 9.59 Å². The monoisotopic (exact) mass is 216 g/mol. The highest BCUT2D eigenvalue weighted by atomic mass is 16.3. The zero-order valence-corrected chi connectivity index (χ0v) is 9.62. The number of aliphatic hydroxyl groups excluding tert-OH is 1. The molecule has 0 aromatic carbocycles. The predicted octanol–water partition coefficient (Wildman–Crippen LogP) is -0.401. The number of carbonyl (C=O) groups is 2. The summed E-state index contributed by atoms with van der Waals surface area (Å²) in [5, 5.41) is 11.1. The second-order valence-corrected chi connectivity index (χ2v) is 3.62. The molecule has 0 aliphatic carbocycles. The van der Waals surface area contributed by atoms with Gasteiger partial charge in [-0.15, -0.1) is 0 Å². The summed E-state index contributed by atoms with van der Waals surface area (Å²) in [4.78, 5) is 24.1. The van der Waals surface area contributed by atoms with Gasteiger partial charge in [0.15, 0.2) is 0 Å². The highest BCUT2D eigenvalue weighted by Gasteiger charge is 2.16. The van der Waals surface area contributed by atoms with Gasteiger partial charge in [0.25, 0.3) is 0 Å². The van der Waals surface area contributed by atoms with E-state index in [0.29, 0.717) is 19.4 Å². The summed E-state index contributed by atoms with van der Waals surface area (Å²) < 4.78 is 0. The molecule has 2 N–H and O–H groups in total. The van der Waals surface area contributed by atoms with Gasteiger partial charge in [-0.25, -0.2) is 0 Å². The predicted molar refractivity (Wildman–Crippen MR) is 57.2 cm³/mol. The Kier molecular flexibility index (Phi) is 6.70. The fraction of sp³-hybridized carbons (Fsp3) is 0.800. The summed E-state index contributed by atoms with van der Waals surface area (Å²) in [5.74, 6) is -0.324. The average molecular weight is 216 g/mol. The van der Waals surface area contributed by atoms with Crippen molar-refractivity contribution in [3.63, 3.8) is 0 Å². The molecule has 0 radical (unpaired) electrons. The Morgan fingerprint density at radius 2 is 2.07 bits per heavy atom. The summed E-state index contributed by atoms with van der Waals surface area (Å²) in [7, 11) is 3.24. The van der Waals surface area contributed by atoms with Gasteiger partial charge in [0.05, 0.1) is 5.92 Å². The zero-order valence-electron chi connectivity index (χ0n) is 9.62. The Balaban J connectivity index is 3.95. The van der Waals surface area contributed by atoms with Crippen LogP contribution in [0.3, 0.4) is 0 Å². The van der Waals surface area contributed by atoms with E-state index in [1.807, 2.05) is 0 Å². The lowest BCUT2D eigenvalue weighted by Crippen LogP contribution is -2.37. The molecule has 2 amide bonds. The van der Waals surface area contributed by atoms with Gasteiger partial charge < -0.3 is 15.3 Å². The molecule has 15 heavy (non-hydrogen) atoms. The van der Waals surface area contributed by atoms with Gasteiger partial charge in [-0.1, -0.05) is 6.92 Å². The summed E-state index contributed by atoms with van der Waals surface area (Å²) >= 11 is 0. The Morgan fingerprint density at radius 1 is 1.47 bits per heavy atom. The molecule has 0 saturated carbocycles. The van der Waals surface area contributed by atoms with Crippen LogP contribution in [-0.4, -0.2) is 49.1 Å². The van der Waals surface area contributed by atoms with Crippen LogP contribution in [0.4, 0.5) is 0 Å². The van der Waals surface area contributed by atoms with Crippen molar-refractivity contribution < 1.29 is 14.7 Å². The molecular weight excluding hydrogens is 196 g/mol. The average Bonchev–Trinajstić information content (AvgIpc) is 2.24. The number of nitrogens with one attached hydrogen (secondary N) is 1. The number of nitrogens with zero attached hydrogens (tertiary/aromatic N) is 1. The van der Waals surface area contributed by atoms with Crippen LogP contribution in [0, 0.1) is 5.92 Å². The number of aliphatic hydroxyl groups is 1. The van der Waals surface area contributed by atoms with E-state index in [1.165, 1.54) is 4.90 Å². The third kappa shape index (κ3) is 5.37. The van der Waals surface area contributed by atoms with Crippen molar-refractivity contribution in [1.29, 1.82) is 0 Å². The van der Waals surface area contributed by atoms with E-state index < -0.39 is 0 Å². The quantitative estimate of drug-likeness (QED) is 0.634. The maximum absolute atomic E-state index is 11.4. The van der Waals surface area contributed by atoms with Crippen molar-refractivity contribution in [1.82, 2.24) is 10.2 Å². The Hall–Kier alpha value is -1.10. The van der Waals surface area contributed by atoms with Gasteiger partial charge in [-0.05, 0) is 6.42 Å². The molecule has 0 rings (SSSR count). The molecule has 1 unspecified atom stereocenters. The molecule has 1 atom stereocenters. The second kappa shape index (κ2) is 7.23. The van der Waals surface area contributed by atoms with E-state index in [2.05, 4.69) is 5.32 Å². The number of hydrogen-bond acceptors (Lipinski definition) is 3. The molecule has 0 bridgehead atoms. The minimum absolute atomic E-state index is 0.0184. The van der Waals surface area contributed by atoms with E-state index in [1.54, 1.807) is 21.0 Å². The molecule has 5 nitrogen and oxygen atoms in total. The number of hydrogen-bond donors (Lipinski definition) is 2. The second-order valence-electron chi connectivity index (χ2n) is 3.62. The molecule has 0 aliphatic heterocycles. The standard InChI is InChI=1S/C10H20N2O3/c1-8(10(15)11-2)7-12(3)9(14)5-4-6-13/h8,13H,4-7H2,1-3H3,(H,11,15). The minimum Gasteiger partial charge on any atom is -0.396 e. The van der Waals surface area contributed by atoms with Crippen LogP contribution < -0.4 is 5.32 Å². The first kappa shape index (κ1) is 13.9. The van der Waals surface area contributed by atoms with E-state index >= 15 is 0 Å². The van der Waals surface area contributed by atoms with Crippen molar-refractivity contribution in [2.45, 2.75) is 19.8 Å². The Morgan fingerprint density at radius 3 is 2.53 bits per heavy atom. The van der Waals surface area contributed by atoms with Gasteiger partial charge in [0.2, 0.25) is 11.8 Å². The van der Waals surface area contributed by atoms with Crippen molar-refractivity contribution in [2.24, 2.45) is 5.92 Å². The van der Waals surface area contributed by atoms with Crippen LogP contribution in [0.25, 0.3) is 0 Å². The Bertz CT molecular complexity index is 219. The fourth-order valence-electron chi connectivity index (χ4n) is 1.26. The Labute approximate surface area is 90.5 Å². The molecule has 88 valence electrons. The van der Waals surface area contributed by atoms with Gasteiger partial charge in [-0.2, -0.15) is 0 Å². The maximum atomic E-state index is 11.4. The van der Waals surface area contributed by atoms with Crippen LogP contribution in [0.1, 0.15) is 19.8 Å². The molecule has 0 fully saturated rings. The third-order valence-corrected chi connectivity index (χ3v) is 2.22. The van der Waals surface area contributed by atoms with Gasteiger partial charge in [0.1, 0.15) is 0 Å². The summed E-state index contributed by atoms with van der Waals surface area (Å²) in [6.45, 7) is 2.20. The van der Waals surface area contributed by atoms with Crippen molar-refractivity contribution in [3.8, 4) is 0 Å². The zero-order chi connectivity index (χ0) is 11.8. The molecule has 0 aromatic rings. The largest absolute Gasteiger partial charge is 0.396 e. The lowest BCUT2D eigenvalue weighted by atomic mass is 10.1. The molecule has 5 heteroatoms. The van der Waals surface area contributed by atoms with Gasteiger partial charge >= 0.3 is 0 Å². The van der Waals surface area contributed by atoms with Crippen molar-refractivity contribution >= 4 is 11.8 Å². The van der Waals surface area contributed by atoms with Crippen LogP contribution >= 0.6 is 0 Å². The topological polar surface area (TPSA) is 69.6 Å². The highest BCUT2D eigenvalue weighted by Crippen LogP contribution is 2.01. The van der Waals surface area contributed by atoms with Crippen molar-refractivity contribution in [3.05, 3.63) is 0 Å². The van der Waals surface area contributed by atoms with E-state index in [4.69, 9.17) is 5.11 Å². The lowest BCUT2D eigenvalue weighted by Gasteiger charge is -2.20. The van der Waals surface area contributed by atoms with Gasteiger partial charge in [0, 0.05) is 33.7 Å². The van der Waals surface area contributed by atoms with E-state index in [9.17, 15) is 9.59 Å². The number of amides is 2. The number of rotatable bonds is 6. The summed E-state index contributed by atoms with van der Waals surface area (Å²) in [6.07, 6.45) is 0.797. The first-order chi connectivity index (χ1) is 7.02. The lowest BCUT2D eigenvalue weighted by molar-refractivity contribution is -0.132. The SMILES string of the molecule is CNC(=O)C(C)CN(C)C(=O)CCCO. The van der Waals surface area contributed by atoms with Crippen LogP contribution in [0.5, 0.6) is 0 Å². The summed E-state index contributed by atoms with van der Waals surface area (Å²) in [5.41, 5.74) is 0. The number of carbonyl (C=O) groups excluding carboxylic acids is 2. The smallest absolute Gasteiger partial charge is 0.224 e. The highest BCUT2D eigenvalue weighted by molar-refractivity contribution is 5.80. The molecule has 0 heterocycles. The third-order valence-electron chi connectivity index (χ3n) is 2.22. The minimum atomic E-state index is -0.210. The molecule has 0 aliphatic rings. The first-order valence-corrected chi connectivity index (χ1v) is 5.09.